The first kappa shape index (κ1) is 11.6. The molecule has 0 amide bonds. The molecule has 0 radical (unpaired) electrons. The topological polar surface area (TPSA) is 66.0 Å². The van der Waals surface area contributed by atoms with Gasteiger partial charge in [0.05, 0.1) is 24.8 Å². The highest BCUT2D eigenvalue weighted by molar-refractivity contribution is 5.72. The van der Waals surface area contributed by atoms with Gasteiger partial charge in [0, 0.05) is 36.8 Å². The Labute approximate surface area is 100 Å². The molecule has 2 N–H and O–H groups in total. The van der Waals surface area contributed by atoms with Crippen LogP contribution in [0.2, 0.25) is 0 Å². The van der Waals surface area contributed by atoms with Gasteiger partial charge in [-0.2, -0.15) is 0 Å². The third kappa shape index (κ3) is 2.62. The number of anilines is 1. The highest BCUT2D eigenvalue weighted by Gasteiger charge is 2.08. The Morgan fingerprint density at radius 2 is 2.24 bits per heavy atom. The Morgan fingerprint density at radius 1 is 1.35 bits per heavy atom. The van der Waals surface area contributed by atoms with Crippen LogP contribution in [0.1, 0.15) is 6.92 Å². The minimum absolute atomic E-state index is 0.667. The van der Waals surface area contributed by atoms with Gasteiger partial charge in [0.1, 0.15) is 0 Å². The molecular weight excluding hydrogens is 216 g/mol. The Bertz CT molecular complexity index is 481. The highest BCUT2D eigenvalue weighted by Crippen LogP contribution is 2.23. The van der Waals surface area contributed by atoms with Gasteiger partial charge in [-0.3, -0.25) is 4.98 Å². The third-order valence-corrected chi connectivity index (χ3v) is 2.52. The number of pyridine rings is 1. The van der Waals surface area contributed by atoms with E-state index in [-0.39, 0.29) is 0 Å². The van der Waals surface area contributed by atoms with Crippen LogP contribution in [0.5, 0.6) is 0 Å². The van der Waals surface area contributed by atoms with Gasteiger partial charge in [0.2, 0.25) is 0 Å². The number of hydrogen-bond donors (Lipinski definition) is 1. The zero-order valence-corrected chi connectivity index (χ0v) is 9.84. The molecule has 5 nitrogen and oxygen atoms in total. The van der Waals surface area contributed by atoms with Crippen molar-refractivity contribution in [3.05, 3.63) is 31.0 Å². The Hall–Kier alpha value is -1.88. The average molecular weight is 232 g/mol. The summed E-state index contributed by atoms with van der Waals surface area (Å²) in [5, 5.41) is 0. The monoisotopic (exact) mass is 232 g/mol. The van der Waals surface area contributed by atoms with Crippen LogP contribution in [0.3, 0.4) is 0 Å². The normalized spacial score (nSPS) is 10.6. The third-order valence-electron chi connectivity index (χ3n) is 2.52. The Morgan fingerprint density at radius 3 is 3.00 bits per heavy atom. The first-order chi connectivity index (χ1) is 8.33. The molecule has 17 heavy (non-hydrogen) atoms. The van der Waals surface area contributed by atoms with E-state index in [0.717, 1.165) is 24.4 Å². The van der Waals surface area contributed by atoms with Crippen molar-refractivity contribution in [2.45, 2.75) is 13.5 Å². The predicted molar refractivity (Wildman–Crippen MR) is 66.4 cm³/mol. The smallest absolute Gasteiger partial charge is 0.0951 e. The minimum atomic E-state index is 0.667. The fourth-order valence-electron chi connectivity index (χ4n) is 1.65. The van der Waals surface area contributed by atoms with Crippen LogP contribution in [0.4, 0.5) is 5.69 Å². The van der Waals surface area contributed by atoms with Crippen LogP contribution in [0, 0.1) is 0 Å². The van der Waals surface area contributed by atoms with Crippen LogP contribution >= 0.6 is 0 Å². The molecule has 0 aromatic carbocycles. The predicted octanol–water partition coefficient (Wildman–Crippen LogP) is 1.56. The van der Waals surface area contributed by atoms with E-state index in [2.05, 4.69) is 9.97 Å². The van der Waals surface area contributed by atoms with Gasteiger partial charge in [0.15, 0.2) is 0 Å². The molecule has 0 bridgehead atoms. The molecule has 0 unspecified atom stereocenters. The molecular formula is C12H16N4O. The van der Waals surface area contributed by atoms with Gasteiger partial charge in [-0.1, -0.05) is 0 Å². The molecule has 0 fully saturated rings. The summed E-state index contributed by atoms with van der Waals surface area (Å²) in [7, 11) is 0. The summed E-state index contributed by atoms with van der Waals surface area (Å²) >= 11 is 0. The molecule has 0 aliphatic carbocycles. The lowest BCUT2D eigenvalue weighted by Gasteiger charge is -2.09. The zero-order chi connectivity index (χ0) is 12.1. The number of ether oxygens (including phenoxy) is 1. The van der Waals surface area contributed by atoms with Crippen LogP contribution in [-0.2, 0) is 11.3 Å². The number of hydrogen-bond acceptors (Lipinski definition) is 4. The molecule has 0 saturated heterocycles. The summed E-state index contributed by atoms with van der Waals surface area (Å²) in [6.07, 6.45) is 7.00. The summed E-state index contributed by atoms with van der Waals surface area (Å²) in [6.45, 7) is 4.13. The van der Waals surface area contributed by atoms with Crippen LogP contribution in [0.15, 0.2) is 31.0 Å². The average Bonchev–Trinajstić information content (AvgIpc) is 2.78. The van der Waals surface area contributed by atoms with Gasteiger partial charge < -0.3 is 15.0 Å². The number of nitrogens with two attached hydrogens (primary N) is 1. The maximum absolute atomic E-state index is 5.92. The van der Waals surface area contributed by atoms with Gasteiger partial charge in [0.25, 0.3) is 0 Å². The fraction of sp³-hybridized carbons (Fsp3) is 0.333. The summed E-state index contributed by atoms with van der Waals surface area (Å²) in [4.78, 5) is 8.23. The summed E-state index contributed by atoms with van der Waals surface area (Å²) in [6, 6.07) is 1.79. The van der Waals surface area contributed by atoms with Crippen molar-refractivity contribution in [2.24, 2.45) is 0 Å². The SMILES string of the molecule is CCOCCn1cncc1-c1cnccc1N. The molecule has 0 saturated carbocycles. The van der Waals surface area contributed by atoms with E-state index in [1.54, 1.807) is 31.0 Å². The van der Waals surface area contributed by atoms with Crippen molar-refractivity contribution in [1.29, 1.82) is 0 Å². The standard InChI is InChI=1S/C12H16N4O/c1-2-17-6-5-16-9-15-8-12(16)10-7-14-4-3-11(10)13/h3-4,7-9H,2,5-6H2,1H3,(H2,13,14). The zero-order valence-electron chi connectivity index (χ0n) is 9.84. The second-order valence-electron chi connectivity index (χ2n) is 3.63. The van der Waals surface area contributed by atoms with Crippen molar-refractivity contribution in [1.82, 2.24) is 14.5 Å². The second-order valence-corrected chi connectivity index (χ2v) is 3.63. The molecule has 2 aromatic rings. The quantitative estimate of drug-likeness (QED) is 0.794. The van der Waals surface area contributed by atoms with Gasteiger partial charge in [-0.25, -0.2) is 4.98 Å². The maximum Gasteiger partial charge on any atom is 0.0951 e. The van der Waals surface area contributed by atoms with Gasteiger partial charge >= 0.3 is 0 Å². The maximum atomic E-state index is 5.92. The molecule has 2 heterocycles. The lowest BCUT2D eigenvalue weighted by molar-refractivity contribution is 0.139. The summed E-state index contributed by atoms with van der Waals surface area (Å²) in [5.41, 5.74) is 8.50. The molecule has 0 atom stereocenters. The minimum Gasteiger partial charge on any atom is -0.398 e. The van der Waals surface area contributed by atoms with E-state index < -0.39 is 0 Å². The molecule has 5 heteroatoms. The van der Waals surface area contributed by atoms with E-state index in [0.29, 0.717) is 12.3 Å². The van der Waals surface area contributed by atoms with Crippen molar-refractivity contribution in [2.75, 3.05) is 18.9 Å². The molecule has 90 valence electrons. The summed E-state index contributed by atoms with van der Waals surface area (Å²) in [5.74, 6) is 0. The van der Waals surface area contributed by atoms with Crippen LogP contribution in [0.25, 0.3) is 11.3 Å². The highest BCUT2D eigenvalue weighted by atomic mass is 16.5. The first-order valence-electron chi connectivity index (χ1n) is 5.60. The van der Waals surface area contributed by atoms with Crippen molar-refractivity contribution in [3.63, 3.8) is 0 Å². The van der Waals surface area contributed by atoms with Gasteiger partial charge in [-0.05, 0) is 13.0 Å². The van der Waals surface area contributed by atoms with E-state index in [4.69, 9.17) is 10.5 Å². The number of rotatable bonds is 5. The lowest BCUT2D eigenvalue weighted by atomic mass is 10.2. The number of nitrogen functional groups attached to an aromatic ring is 1. The van der Waals surface area contributed by atoms with Crippen molar-refractivity contribution in [3.8, 4) is 11.3 Å². The van der Waals surface area contributed by atoms with Crippen LogP contribution < -0.4 is 5.73 Å². The number of imidazole rings is 1. The van der Waals surface area contributed by atoms with E-state index in [1.165, 1.54) is 0 Å². The van der Waals surface area contributed by atoms with Crippen molar-refractivity contribution < 1.29 is 4.74 Å². The van der Waals surface area contributed by atoms with E-state index in [9.17, 15) is 0 Å². The van der Waals surface area contributed by atoms with E-state index in [1.807, 2.05) is 11.5 Å². The Balaban J connectivity index is 2.22. The van der Waals surface area contributed by atoms with Gasteiger partial charge in [-0.15, -0.1) is 0 Å². The lowest BCUT2D eigenvalue weighted by Crippen LogP contribution is -2.06. The molecule has 0 spiro atoms. The largest absolute Gasteiger partial charge is 0.398 e. The van der Waals surface area contributed by atoms with Crippen molar-refractivity contribution >= 4 is 5.69 Å². The fourth-order valence-corrected chi connectivity index (χ4v) is 1.65. The molecule has 0 aliphatic rings. The van der Waals surface area contributed by atoms with E-state index >= 15 is 0 Å². The molecule has 2 rings (SSSR count). The second kappa shape index (κ2) is 5.45. The first-order valence-corrected chi connectivity index (χ1v) is 5.60. The number of nitrogens with zero attached hydrogens (tertiary/aromatic N) is 3. The number of aromatic nitrogens is 3. The molecule has 2 aromatic heterocycles. The van der Waals surface area contributed by atoms with Crippen LogP contribution in [-0.4, -0.2) is 27.7 Å². The Kier molecular flexibility index (Phi) is 3.72. The summed E-state index contributed by atoms with van der Waals surface area (Å²) < 4.78 is 7.35. The molecule has 0 aliphatic heterocycles.